The third-order valence-corrected chi connectivity index (χ3v) is 4.69. The molecule has 3 N–H and O–H groups in total. The molecule has 0 aliphatic carbocycles. The second-order valence-corrected chi connectivity index (χ2v) is 6.99. The highest BCUT2D eigenvalue weighted by Gasteiger charge is 2.32. The third kappa shape index (κ3) is 4.85. The smallest absolute Gasteiger partial charge is 0.480 e. The van der Waals surface area contributed by atoms with Crippen molar-refractivity contribution in [3.8, 4) is 22.8 Å². The van der Waals surface area contributed by atoms with Gasteiger partial charge in [-0.1, -0.05) is 18.2 Å². The SMILES string of the molecule is [2H]c1nc(OC)c(C(=O)N([2H])C(C)c2ccccc2OC(F)(F)F)c([2H])c1-c1ccn2nc(N)nc2c1. The number of nitrogens with one attached hydrogen (secondary N) is 1. The van der Waals surface area contributed by atoms with Crippen LogP contribution in [0.15, 0.2) is 54.8 Å². The normalized spacial score (nSPS) is 13.6. The van der Waals surface area contributed by atoms with E-state index in [0.717, 1.165) is 6.07 Å². The average Bonchev–Trinajstić information content (AvgIpc) is 3.21. The molecule has 0 radical (unpaired) electrons. The van der Waals surface area contributed by atoms with Crippen molar-refractivity contribution in [2.45, 2.75) is 19.3 Å². The summed E-state index contributed by atoms with van der Waals surface area (Å²) in [6.07, 6.45) is -3.87. The molecule has 3 aromatic heterocycles. The zero-order chi connectivity index (χ0) is 27.1. The number of alkyl halides is 3. The maximum absolute atomic E-state index is 13.4. The molecule has 0 aliphatic rings. The Labute approximate surface area is 195 Å². The van der Waals surface area contributed by atoms with Crippen molar-refractivity contribution in [3.05, 3.63) is 65.9 Å². The molecule has 0 fully saturated rings. The van der Waals surface area contributed by atoms with E-state index in [9.17, 15) is 18.0 Å². The molecule has 1 amide bonds. The lowest BCUT2D eigenvalue weighted by atomic mass is 10.0. The lowest BCUT2D eigenvalue weighted by Gasteiger charge is -2.19. The van der Waals surface area contributed by atoms with E-state index >= 15 is 0 Å². The van der Waals surface area contributed by atoms with Crippen LogP contribution >= 0.6 is 0 Å². The van der Waals surface area contributed by atoms with Gasteiger partial charge in [-0.05, 0) is 36.7 Å². The Balaban J connectivity index is 1.77. The first kappa shape index (κ1) is 19.1. The lowest BCUT2D eigenvalue weighted by Crippen LogP contribution is -2.28. The minimum absolute atomic E-state index is 0.00619. The maximum Gasteiger partial charge on any atom is 0.573 e. The molecule has 1 aromatic carbocycles. The molecule has 4 rings (SSSR count). The number of rotatable bonds is 6. The van der Waals surface area contributed by atoms with Crippen LogP contribution in [0.5, 0.6) is 11.6 Å². The summed E-state index contributed by atoms with van der Waals surface area (Å²) in [6, 6.07) is 6.41. The Kier molecular flexibility index (Phi) is 5.00. The van der Waals surface area contributed by atoms with Crippen molar-refractivity contribution >= 4 is 17.5 Å². The predicted molar refractivity (Wildman–Crippen MR) is 116 cm³/mol. The number of methoxy groups -OCH3 is 1. The molecule has 3 heterocycles. The van der Waals surface area contributed by atoms with Gasteiger partial charge in [-0.25, -0.2) is 9.50 Å². The largest absolute Gasteiger partial charge is 0.573 e. The van der Waals surface area contributed by atoms with Gasteiger partial charge in [0.15, 0.2) is 7.06 Å². The van der Waals surface area contributed by atoms with Gasteiger partial charge < -0.3 is 20.5 Å². The molecular formula is C22H19F3N6O3. The van der Waals surface area contributed by atoms with Crippen molar-refractivity contribution in [1.29, 1.82) is 0 Å². The van der Waals surface area contributed by atoms with Crippen LogP contribution in [0.4, 0.5) is 19.1 Å². The molecule has 0 bridgehead atoms. The predicted octanol–water partition coefficient (Wildman–Crippen LogP) is 3.77. The van der Waals surface area contributed by atoms with Gasteiger partial charge >= 0.3 is 6.36 Å². The Bertz CT molecular complexity index is 1500. The first-order valence-electron chi connectivity index (χ1n) is 11.2. The van der Waals surface area contributed by atoms with E-state index in [2.05, 4.69) is 19.8 Å². The summed E-state index contributed by atoms with van der Waals surface area (Å²) >= 11 is 0. The number of fused-ring (bicyclic) bond motifs is 1. The van der Waals surface area contributed by atoms with Crippen molar-refractivity contribution in [1.82, 2.24) is 24.9 Å². The van der Waals surface area contributed by atoms with Crippen LogP contribution in [0, 0.1) is 0 Å². The number of anilines is 1. The van der Waals surface area contributed by atoms with Gasteiger partial charge in [0.1, 0.15) is 11.3 Å². The van der Waals surface area contributed by atoms with Crippen molar-refractivity contribution in [2.75, 3.05) is 12.8 Å². The molecular weight excluding hydrogens is 453 g/mol. The van der Waals surface area contributed by atoms with E-state index < -0.39 is 35.7 Å². The number of para-hydroxylation sites is 1. The molecule has 0 saturated carbocycles. The molecule has 9 nitrogen and oxygen atoms in total. The van der Waals surface area contributed by atoms with Crippen molar-refractivity contribution < 1.29 is 31.6 Å². The number of carbonyl (C=O) groups is 1. The molecule has 1 unspecified atom stereocenters. The fourth-order valence-electron chi connectivity index (χ4n) is 3.21. The Morgan fingerprint density at radius 1 is 1.29 bits per heavy atom. The zero-order valence-electron chi connectivity index (χ0n) is 20.8. The second kappa shape index (κ2) is 8.89. The maximum atomic E-state index is 13.4. The van der Waals surface area contributed by atoms with Crippen LogP contribution in [0.1, 0.15) is 31.6 Å². The molecule has 12 heteroatoms. The van der Waals surface area contributed by atoms with Gasteiger partial charge in [0, 0.05) is 23.5 Å². The highest BCUT2D eigenvalue weighted by molar-refractivity contribution is 5.97. The first-order chi connectivity index (χ1) is 17.4. The van der Waals surface area contributed by atoms with Crippen molar-refractivity contribution in [3.63, 3.8) is 0 Å². The molecule has 1 atom stereocenters. The number of pyridine rings is 2. The van der Waals surface area contributed by atoms with Crippen LogP contribution in [-0.2, 0) is 0 Å². The highest BCUT2D eigenvalue weighted by Crippen LogP contribution is 2.31. The zero-order valence-corrected chi connectivity index (χ0v) is 17.8. The summed E-state index contributed by atoms with van der Waals surface area (Å²) in [5, 5.41) is 4.35. The molecule has 0 aliphatic heterocycles. The number of carbonyl (C=O) groups excluding carboxylic acids is 1. The molecule has 34 heavy (non-hydrogen) atoms. The standard InChI is InChI=1S/C22H19F3N6O3/c1-12(15-5-3-4-6-17(15)34-22(23,24)25)28-19(32)16-9-14(11-27-20(16)33-2)13-7-8-31-18(10-13)29-21(26)30-31/h3-12H,1-2H3,(H2,26,30)(H,28,32)/i9D,11D/hD. The summed E-state index contributed by atoms with van der Waals surface area (Å²) in [5.41, 5.74) is 5.62. The van der Waals surface area contributed by atoms with E-state index in [1.807, 2.05) is 0 Å². The minimum atomic E-state index is -4.98. The van der Waals surface area contributed by atoms with Crippen LogP contribution in [0.2, 0.25) is 1.41 Å². The number of halogens is 3. The fraction of sp³-hybridized carbons (Fsp3) is 0.182. The van der Waals surface area contributed by atoms with Gasteiger partial charge in [-0.15, -0.1) is 18.3 Å². The molecule has 0 spiro atoms. The van der Waals surface area contributed by atoms with Crippen molar-refractivity contribution in [2.24, 2.45) is 0 Å². The number of nitrogens with two attached hydrogens (primary N) is 1. The fourth-order valence-corrected chi connectivity index (χ4v) is 3.21. The van der Waals surface area contributed by atoms with Gasteiger partial charge in [0.05, 0.1) is 15.9 Å². The molecule has 0 saturated heterocycles. The minimum Gasteiger partial charge on any atom is -0.480 e. The number of amides is 1. The van der Waals surface area contributed by atoms with Gasteiger partial charge in [0.25, 0.3) is 5.91 Å². The van der Waals surface area contributed by atoms with Crippen LogP contribution in [0.25, 0.3) is 16.8 Å². The number of aromatic nitrogens is 4. The highest BCUT2D eigenvalue weighted by atomic mass is 19.4. The Morgan fingerprint density at radius 3 is 2.79 bits per heavy atom. The van der Waals surface area contributed by atoms with E-state index in [1.165, 1.54) is 55.1 Å². The number of nitrogen functional groups attached to an aromatic ring is 1. The first-order valence-corrected chi connectivity index (χ1v) is 9.75. The van der Waals surface area contributed by atoms with E-state index in [4.69, 9.17) is 14.6 Å². The van der Waals surface area contributed by atoms with Gasteiger partial charge in [-0.2, -0.15) is 4.98 Å². The molecule has 4 aromatic rings. The number of benzene rings is 1. The monoisotopic (exact) mass is 475 g/mol. The summed E-state index contributed by atoms with van der Waals surface area (Å²) in [6.45, 7) is 1.33. The summed E-state index contributed by atoms with van der Waals surface area (Å²) in [4.78, 5) is 21.4. The topological polar surface area (TPSA) is 117 Å². The third-order valence-electron chi connectivity index (χ3n) is 4.69. The Morgan fingerprint density at radius 2 is 2.06 bits per heavy atom. The summed E-state index contributed by atoms with van der Waals surface area (Å²) in [5.74, 6) is -2.04. The average molecular weight is 475 g/mol. The lowest BCUT2D eigenvalue weighted by molar-refractivity contribution is -0.275. The number of hydrogen-bond acceptors (Lipinski definition) is 7. The molecule has 176 valence electrons. The second-order valence-electron chi connectivity index (χ2n) is 6.99. The van der Waals surface area contributed by atoms with Crippen LogP contribution < -0.4 is 20.5 Å². The summed E-state index contributed by atoms with van der Waals surface area (Å²) < 4.78 is 74.6. The number of hydrogen-bond donors (Lipinski definition) is 2. The van der Waals surface area contributed by atoms with Crippen LogP contribution in [-0.4, -0.2) is 39.0 Å². The number of ether oxygens (including phenoxy) is 2. The summed E-state index contributed by atoms with van der Waals surface area (Å²) in [7, 11) is 1.17. The Hall–Kier alpha value is -4.35. The van der Waals surface area contributed by atoms with E-state index in [0.29, 0.717) is 16.5 Å². The van der Waals surface area contributed by atoms with Gasteiger partial charge in [-0.3, -0.25) is 4.79 Å². The number of nitrogens with zero attached hydrogens (tertiary/aromatic N) is 4. The van der Waals surface area contributed by atoms with Gasteiger partial charge in [0.2, 0.25) is 11.8 Å². The van der Waals surface area contributed by atoms with E-state index in [-0.39, 0.29) is 29.1 Å². The van der Waals surface area contributed by atoms with Crippen LogP contribution in [0.3, 0.4) is 0 Å². The van der Waals surface area contributed by atoms with E-state index in [1.54, 1.807) is 0 Å². The quantitative estimate of drug-likeness (QED) is 0.436.